The third kappa shape index (κ3) is 5.27. The minimum absolute atomic E-state index is 0.793. The molecule has 0 fully saturated rings. The fourth-order valence-corrected chi connectivity index (χ4v) is 9.65. The molecule has 0 amide bonds. The topological polar surface area (TPSA) is 42.7 Å². The molecule has 0 spiro atoms. The Labute approximate surface area is 356 Å². The quantitative estimate of drug-likeness (QED) is 0.168. The molecular weight excluding hydrogens is 759 g/mol. The zero-order valence-electron chi connectivity index (χ0n) is 33.4. The molecule has 0 saturated heterocycles. The monoisotopic (exact) mass is 793 g/mol. The molecular formula is C58H35NO3. The third-order valence-electron chi connectivity index (χ3n) is 12.5. The Kier molecular flexibility index (Phi) is 7.57. The van der Waals surface area contributed by atoms with Crippen LogP contribution in [0.4, 0.5) is 17.1 Å². The van der Waals surface area contributed by atoms with E-state index < -0.39 is 0 Å². The second-order valence-electron chi connectivity index (χ2n) is 16.0. The molecule has 0 radical (unpaired) electrons. The van der Waals surface area contributed by atoms with Gasteiger partial charge in [-0.1, -0.05) is 152 Å². The van der Waals surface area contributed by atoms with Crippen LogP contribution >= 0.6 is 0 Å². The number of hydrogen-bond donors (Lipinski definition) is 0. The Balaban J connectivity index is 1.04. The van der Waals surface area contributed by atoms with Crippen molar-refractivity contribution in [3.8, 4) is 33.4 Å². The number of para-hydroxylation sites is 2. The lowest BCUT2D eigenvalue weighted by molar-refractivity contribution is 0.662. The molecule has 0 aliphatic rings. The van der Waals surface area contributed by atoms with Crippen LogP contribution in [-0.4, -0.2) is 0 Å². The van der Waals surface area contributed by atoms with Gasteiger partial charge in [0.25, 0.3) is 0 Å². The highest BCUT2D eigenvalue weighted by molar-refractivity contribution is 6.27. The molecule has 0 N–H and O–H groups in total. The molecule has 10 aromatic carbocycles. The van der Waals surface area contributed by atoms with Crippen molar-refractivity contribution in [2.45, 2.75) is 0 Å². The molecule has 0 aliphatic heterocycles. The minimum atomic E-state index is 0.793. The maximum atomic E-state index is 7.01. The molecule has 13 aromatic rings. The van der Waals surface area contributed by atoms with E-state index >= 15 is 0 Å². The number of benzene rings is 10. The lowest BCUT2D eigenvalue weighted by Gasteiger charge is -2.26. The molecule has 0 atom stereocenters. The summed E-state index contributed by atoms with van der Waals surface area (Å²) < 4.78 is 20.2. The second kappa shape index (κ2) is 13.6. The summed E-state index contributed by atoms with van der Waals surface area (Å²) in [7, 11) is 0. The van der Waals surface area contributed by atoms with E-state index in [1.54, 1.807) is 0 Å². The summed E-state index contributed by atoms with van der Waals surface area (Å²) in [6.07, 6.45) is 0. The van der Waals surface area contributed by atoms with Gasteiger partial charge in [-0.2, -0.15) is 0 Å². The molecule has 62 heavy (non-hydrogen) atoms. The summed E-state index contributed by atoms with van der Waals surface area (Å²) in [6, 6.07) is 74.9. The summed E-state index contributed by atoms with van der Waals surface area (Å²) >= 11 is 0. The van der Waals surface area contributed by atoms with Crippen LogP contribution in [0.25, 0.3) is 110 Å². The van der Waals surface area contributed by atoms with Crippen LogP contribution in [0.15, 0.2) is 226 Å². The Morgan fingerprint density at radius 2 is 0.839 bits per heavy atom. The van der Waals surface area contributed by atoms with Crippen LogP contribution in [0.5, 0.6) is 0 Å². The van der Waals surface area contributed by atoms with Crippen LogP contribution < -0.4 is 4.90 Å². The minimum Gasteiger partial charge on any atom is -0.456 e. The second-order valence-corrected chi connectivity index (χ2v) is 16.0. The van der Waals surface area contributed by atoms with E-state index in [9.17, 15) is 0 Å². The highest BCUT2D eigenvalue weighted by atomic mass is 16.3. The average Bonchev–Trinajstić information content (AvgIpc) is 4.04. The molecule has 13 rings (SSSR count). The van der Waals surface area contributed by atoms with Crippen molar-refractivity contribution in [3.05, 3.63) is 212 Å². The number of nitrogens with zero attached hydrogens (tertiary/aromatic N) is 1. The number of furan rings is 3. The van der Waals surface area contributed by atoms with Crippen molar-refractivity contribution in [2.24, 2.45) is 0 Å². The zero-order chi connectivity index (χ0) is 40.7. The fourth-order valence-electron chi connectivity index (χ4n) is 9.65. The van der Waals surface area contributed by atoms with E-state index in [2.05, 4.69) is 199 Å². The maximum absolute atomic E-state index is 7.01. The van der Waals surface area contributed by atoms with Gasteiger partial charge >= 0.3 is 0 Å². The first-order valence-electron chi connectivity index (χ1n) is 21.0. The molecule has 3 heterocycles. The van der Waals surface area contributed by atoms with Gasteiger partial charge in [-0.3, -0.25) is 0 Å². The first-order chi connectivity index (χ1) is 30.7. The van der Waals surface area contributed by atoms with E-state index in [0.717, 1.165) is 105 Å². The van der Waals surface area contributed by atoms with Gasteiger partial charge in [0, 0.05) is 38.3 Å². The highest BCUT2D eigenvalue weighted by Gasteiger charge is 2.25. The van der Waals surface area contributed by atoms with Gasteiger partial charge in [0.1, 0.15) is 27.9 Å². The fraction of sp³-hybridized carbons (Fsp3) is 0. The SMILES string of the molecule is c1ccc(-c2ccc(N(c3ccc(-c4cccc5ccccc45)cc3)c3ccc(-c4cccc5oc6ccc7c8ccccc8oc7c6c45)c4c3oc3ccccc34)cc2)cc1. The normalized spacial score (nSPS) is 11.9. The van der Waals surface area contributed by atoms with Crippen molar-refractivity contribution in [1.29, 1.82) is 0 Å². The first-order valence-corrected chi connectivity index (χ1v) is 21.0. The van der Waals surface area contributed by atoms with Crippen LogP contribution in [0.2, 0.25) is 0 Å². The summed E-state index contributed by atoms with van der Waals surface area (Å²) in [4.78, 5) is 2.32. The summed E-state index contributed by atoms with van der Waals surface area (Å²) in [6.45, 7) is 0. The highest BCUT2D eigenvalue weighted by Crippen LogP contribution is 2.49. The van der Waals surface area contributed by atoms with Gasteiger partial charge in [-0.15, -0.1) is 0 Å². The van der Waals surface area contributed by atoms with Crippen molar-refractivity contribution >= 4 is 93.7 Å². The summed E-state index contributed by atoms with van der Waals surface area (Å²) in [5.41, 5.74) is 14.7. The van der Waals surface area contributed by atoms with Gasteiger partial charge in [0.05, 0.1) is 11.1 Å². The number of fused-ring (bicyclic) bond motifs is 11. The molecule has 0 unspecified atom stereocenters. The van der Waals surface area contributed by atoms with E-state index in [0.29, 0.717) is 0 Å². The van der Waals surface area contributed by atoms with E-state index in [4.69, 9.17) is 13.3 Å². The Morgan fingerprint density at radius 1 is 0.274 bits per heavy atom. The predicted molar refractivity (Wildman–Crippen MR) is 257 cm³/mol. The summed E-state index contributed by atoms with van der Waals surface area (Å²) in [5, 5.41) is 8.69. The smallest absolute Gasteiger partial charge is 0.160 e. The zero-order valence-corrected chi connectivity index (χ0v) is 33.4. The van der Waals surface area contributed by atoms with Gasteiger partial charge in [-0.05, 0) is 105 Å². The first kappa shape index (κ1) is 34.5. The molecule has 4 heteroatoms. The van der Waals surface area contributed by atoms with Gasteiger partial charge in [0.2, 0.25) is 0 Å². The lowest BCUT2D eigenvalue weighted by atomic mass is 9.94. The van der Waals surface area contributed by atoms with Gasteiger partial charge in [-0.25, -0.2) is 0 Å². The van der Waals surface area contributed by atoms with Crippen molar-refractivity contribution in [1.82, 2.24) is 0 Å². The Hall–Kier alpha value is -8.34. The van der Waals surface area contributed by atoms with Crippen LogP contribution in [0, 0.1) is 0 Å². The van der Waals surface area contributed by atoms with Gasteiger partial charge in [0.15, 0.2) is 5.58 Å². The van der Waals surface area contributed by atoms with Crippen LogP contribution in [-0.2, 0) is 0 Å². The summed E-state index contributed by atoms with van der Waals surface area (Å²) in [5.74, 6) is 0. The van der Waals surface area contributed by atoms with Gasteiger partial charge < -0.3 is 18.2 Å². The average molecular weight is 794 g/mol. The van der Waals surface area contributed by atoms with Crippen LogP contribution in [0.1, 0.15) is 0 Å². The number of hydrogen-bond acceptors (Lipinski definition) is 4. The number of rotatable bonds is 6. The molecule has 290 valence electrons. The molecule has 0 saturated carbocycles. The molecule has 4 nitrogen and oxygen atoms in total. The van der Waals surface area contributed by atoms with Crippen molar-refractivity contribution < 1.29 is 13.3 Å². The molecule has 3 aromatic heterocycles. The number of anilines is 3. The predicted octanol–water partition coefficient (Wildman–Crippen LogP) is 17.0. The van der Waals surface area contributed by atoms with Crippen molar-refractivity contribution in [2.75, 3.05) is 4.90 Å². The van der Waals surface area contributed by atoms with E-state index in [-0.39, 0.29) is 0 Å². The third-order valence-corrected chi connectivity index (χ3v) is 12.5. The van der Waals surface area contributed by atoms with Crippen molar-refractivity contribution in [3.63, 3.8) is 0 Å². The Bertz CT molecular complexity index is 3850. The Morgan fingerprint density at radius 3 is 1.65 bits per heavy atom. The van der Waals surface area contributed by atoms with E-state index in [1.165, 1.54) is 21.9 Å². The van der Waals surface area contributed by atoms with Crippen LogP contribution in [0.3, 0.4) is 0 Å². The molecule has 0 aliphatic carbocycles. The maximum Gasteiger partial charge on any atom is 0.160 e. The standard InChI is InChI=1S/C58H35NO3/c1-2-12-36(13-3-1)37-24-28-40(29-25-37)59(41-30-26-39(27-31-41)43-19-10-15-38-14-4-5-16-42(38)43)49-34-32-46(54-48-18-7-9-22-51(48)62-58(49)54)45-20-11-23-52-55(45)56-53(60-52)35-33-47-44-17-6-8-21-50(44)61-57(47)56/h1-35H. The van der Waals surface area contributed by atoms with E-state index in [1.807, 2.05) is 18.2 Å². The molecule has 0 bridgehead atoms. The largest absolute Gasteiger partial charge is 0.456 e. The lowest BCUT2D eigenvalue weighted by Crippen LogP contribution is -2.10.